The molecule has 6 nitrogen and oxygen atoms in total. The number of phenols is 4. The third-order valence-electron chi connectivity index (χ3n) is 1.52. The fraction of sp³-hybridized carbons (Fsp3) is 0. The minimum Gasteiger partial charge on any atom is -0.504 e. The van der Waals surface area contributed by atoms with E-state index in [0.717, 1.165) is 6.07 Å². The molecule has 0 saturated carbocycles. The predicted octanol–water partition coefficient (Wildman–Crippen LogP) is -0.207. The predicted molar refractivity (Wildman–Crippen MR) is 44.1 cm³/mol. The van der Waals surface area contributed by atoms with Gasteiger partial charge in [-0.25, -0.2) is 0 Å². The number of hydrogen-bond acceptors (Lipinski definition) is 5. The summed E-state index contributed by atoms with van der Waals surface area (Å²) >= 11 is 0. The van der Waals surface area contributed by atoms with Crippen LogP contribution in [0.5, 0.6) is 23.0 Å². The first kappa shape index (κ1) is 8.98. The summed E-state index contributed by atoms with van der Waals surface area (Å²) in [5, 5.41) is 43.0. The van der Waals surface area contributed by atoms with Gasteiger partial charge in [0.1, 0.15) is 5.84 Å². The minimum absolute atomic E-state index is 0.243. The van der Waals surface area contributed by atoms with Gasteiger partial charge < -0.3 is 26.2 Å². The highest BCUT2D eigenvalue weighted by Gasteiger charge is 2.17. The van der Waals surface area contributed by atoms with Crippen LogP contribution in [-0.4, -0.2) is 26.3 Å². The fourth-order valence-corrected chi connectivity index (χ4v) is 0.840. The molecule has 13 heavy (non-hydrogen) atoms. The molecule has 6 heteroatoms. The van der Waals surface area contributed by atoms with Crippen molar-refractivity contribution in [1.82, 2.24) is 0 Å². The second-order valence-electron chi connectivity index (χ2n) is 2.40. The third kappa shape index (κ3) is 1.28. The van der Waals surface area contributed by atoms with Gasteiger partial charge in [0, 0.05) is 0 Å². The number of nitrogens with two attached hydrogens (primary N) is 1. The van der Waals surface area contributed by atoms with Crippen molar-refractivity contribution in [3.8, 4) is 23.0 Å². The van der Waals surface area contributed by atoms with Crippen LogP contribution >= 0.6 is 0 Å². The molecule has 0 unspecified atom stereocenters. The van der Waals surface area contributed by atoms with E-state index in [9.17, 15) is 0 Å². The first-order valence-electron chi connectivity index (χ1n) is 3.26. The van der Waals surface area contributed by atoms with Crippen molar-refractivity contribution >= 4 is 5.84 Å². The lowest BCUT2D eigenvalue weighted by atomic mass is 10.1. The zero-order chi connectivity index (χ0) is 10.2. The molecular formula is C7H8N2O4. The summed E-state index contributed by atoms with van der Waals surface area (Å²) in [6, 6.07) is 0.882. The molecule has 0 aromatic heterocycles. The molecule has 0 saturated heterocycles. The van der Waals surface area contributed by atoms with Crippen molar-refractivity contribution in [3.63, 3.8) is 0 Å². The standard InChI is InChI=1S/C7H8N2O4/c8-7(9)2-1-3(10)5(12)6(13)4(2)11/h1,10-13H,(H3,8,9). The van der Waals surface area contributed by atoms with Gasteiger partial charge in [-0.1, -0.05) is 0 Å². The molecule has 0 aliphatic carbocycles. The highest BCUT2D eigenvalue weighted by atomic mass is 16.3. The van der Waals surface area contributed by atoms with E-state index in [1.54, 1.807) is 0 Å². The number of aromatic hydroxyl groups is 4. The monoisotopic (exact) mass is 184 g/mol. The molecular weight excluding hydrogens is 176 g/mol. The van der Waals surface area contributed by atoms with Crippen LogP contribution in [0, 0.1) is 5.41 Å². The Kier molecular flexibility index (Phi) is 1.89. The van der Waals surface area contributed by atoms with Crippen LogP contribution in [-0.2, 0) is 0 Å². The summed E-state index contributed by atoms with van der Waals surface area (Å²) in [5.74, 6) is -3.65. The maximum absolute atomic E-state index is 9.13. The van der Waals surface area contributed by atoms with E-state index in [4.69, 9.17) is 31.6 Å². The van der Waals surface area contributed by atoms with Crippen molar-refractivity contribution in [3.05, 3.63) is 11.6 Å². The highest BCUT2D eigenvalue weighted by Crippen LogP contribution is 2.43. The molecule has 0 bridgehead atoms. The Morgan fingerprint density at radius 3 is 2.08 bits per heavy atom. The van der Waals surface area contributed by atoms with Gasteiger partial charge in [0.2, 0.25) is 11.5 Å². The number of hydrogen-bond donors (Lipinski definition) is 6. The van der Waals surface area contributed by atoms with Gasteiger partial charge in [0.15, 0.2) is 11.5 Å². The molecule has 1 rings (SSSR count). The van der Waals surface area contributed by atoms with Gasteiger partial charge in [-0.3, -0.25) is 5.41 Å². The summed E-state index contributed by atoms with van der Waals surface area (Å²) < 4.78 is 0. The van der Waals surface area contributed by atoms with E-state index < -0.39 is 28.8 Å². The molecule has 0 amide bonds. The molecule has 70 valence electrons. The van der Waals surface area contributed by atoms with Crippen LogP contribution < -0.4 is 5.73 Å². The van der Waals surface area contributed by atoms with Crippen molar-refractivity contribution < 1.29 is 20.4 Å². The largest absolute Gasteiger partial charge is 0.504 e. The van der Waals surface area contributed by atoms with Gasteiger partial charge in [0.25, 0.3) is 0 Å². The molecule has 0 aliphatic rings. The number of nitrogens with one attached hydrogen (secondary N) is 1. The van der Waals surface area contributed by atoms with Crippen molar-refractivity contribution in [2.24, 2.45) is 5.73 Å². The Morgan fingerprint density at radius 2 is 1.62 bits per heavy atom. The number of benzene rings is 1. The smallest absolute Gasteiger partial charge is 0.205 e. The van der Waals surface area contributed by atoms with Crippen molar-refractivity contribution in [2.75, 3.05) is 0 Å². The second kappa shape index (κ2) is 2.74. The van der Waals surface area contributed by atoms with Crippen LogP contribution in [0.25, 0.3) is 0 Å². The molecule has 1 aromatic carbocycles. The third-order valence-corrected chi connectivity index (χ3v) is 1.52. The van der Waals surface area contributed by atoms with Gasteiger partial charge in [-0.05, 0) is 6.07 Å². The number of amidine groups is 1. The van der Waals surface area contributed by atoms with Crippen LogP contribution in [0.3, 0.4) is 0 Å². The SMILES string of the molecule is N=C(N)c1cc(O)c(O)c(O)c1O. The molecule has 0 radical (unpaired) electrons. The van der Waals surface area contributed by atoms with Gasteiger partial charge in [-0.15, -0.1) is 0 Å². The maximum atomic E-state index is 9.13. The van der Waals surface area contributed by atoms with E-state index in [1.807, 2.05) is 0 Å². The zero-order valence-electron chi connectivity index (χ0n) is 6.44. The zero-order valence-corrected chi connectivity index (χ0v) is 6.44. The van der Waals surface area contributed by atoms with Crippen LogP contribution in [0.1, 0.15) is 5.56 Å². The average molecular weight is 184 g/mol. The Bertz CT molecular complexity index is 375. The van der Waals surface area contributed by atoms with Crippen LogP contribution in [0.2, 0.25) is 0 Å². The van der Waals surface area contributed by atoms with Gasteiger partial charge in [-0.2, -0.15) is 0 Å². The Labute approximate surface area is 73.0 Å². The van der Waals surface area contributed by atoms with E-state index in [2.05, 4.69) is 0 Å². The maximum Gasteiger partial charge on any atom is 0.205 e. The van der Waals surface area contributed by atoms with E-state index in [1.165, 1.54) is 0 Å². The normalized spacial score (nSPS) is 9.85. The van der Waals surface area contributed by atoms with Gasteiger partial charge >= 0.3 is 0 Å². The van der Waals surface area contributed by atoms with Crippen molar-refractivity contribution in [2.45, 2.75) is 0 Å². The molecule has 0 aliphatic heterocycles. The topological polar surface area (TPSA) is 131 Å². The van der Waals surface area contributed by atoms with E-state index in [0.29, 0.717) is 0 Å². The number of rotatable bonds is 1. The minimum atomic E-state index is -0.898. The quantitative estimate of drug-likeness (QED) is 0.156. The fourth-order valence-electron chi connectivity index (χ4n) is 0.840. The molecule has 7 N–H and O–H groups in total. The van der Waals surface area contributed by atoms with Gasteiger partial charge in [0.05, 0.1) is 5.56 Å². The molecule has 0 spiro atoms. The van der Waals surface area contributed by atoms with E-state index >= 15 is 0 Å². The Morgan fingerprint density at radius 1 is 1.08 bits per heavy atom. The van der Waals surface area contributed by atoms with E-state index in [-0.39, 0.29) is 5.56 Å². The first-order chi connectivity index (χ1) is 5.95. The molecule has 0 heterocycles. The molecule has 1 aromatic rings. The number of phenolic OH excluding ortho intramolecular Hbond substituents is 4. The second-order valence-corrected chi connectivity index (χ2v) is 2.40. The molecule has 0 atom stereocenters. The Balaban J connectivity index is 3.50. The lowest BCUT2D eigenvalue weighted by molar-refractivity contribution is 0.345. The summed E-state index contributed by atoms with van der Waals surface area (Å²) in [4.78, 5) is 0. The summed E-state index contributed by atoms with van der Waals surface area (Å²) in [6.07, 6.45) is 0. The number of nitrogen functional groups attached to an aromatic ring is 1. The highest BCUT2D eigenvalue weighted by molar-refractivity contribution is 5.99. The summed E-state index contributed by atoms with van der Waals surface area (Å²) in [6.45, 7) is 0. The lowest BCUT2D eigenvalue weighted by Gasteiger charge is -2.07. The first-order valence-corrected chi connectivity index (χ1v) is 3.26. The lowest BCUT2D eigenvalue weighted by Crippen LogP contribution is -2.11. The van der Waals surface area contributed by atoms with Crippen LogP contribution in [0.4, 0.5) is 0 Å². The summed E-state index contributed by atoms with van der Waals surface area (Å²) in [7, 11) is 0. The average Bonchev–Trinajstić information content (AvgIpc) is 2.07. The summed E-state index contributed by atoms with van der Waals surface area (Å²) in [5.41, 5.74) is 4.78. The van der Waals surface area contributed by atoms with Crippen molar-refractivity contribution in [1.29, 1.82) is 5.41 Å². The molecule has 0 fully saturated rings. The van der Waals surface area contributed by atoms with Crippen LogP contribution in [0.15, 0.2) is 6.07 Å². The Hall–Kier alpha value is -2.11.